The van der Waals surface area contributed by atoms with Crippen molar-refractivity contribution in [3.05, 3.63) is 65.7 Å². The lowest BCUT2D eigenvalue weighted by molar-refractivity contribution is 0.0711. The molecular weight excluding hydrogens is 352 g/mol. The zero-order valence-corrected chi connectivity index (χ0v) is 16.2. The first-order chi connectivity index (χ1) is 13.7. The Bertz CT molecular complexity index is 974. The minimum atomic E-state index is 0.0707. The second-order valence-electron chi connectivity index (χ2n) is 7.13. The van der Waals surface area contributed by atoms with Gasteiger partial charge in [-0.25, -0.2) is 4.98 Å². The monoisotopic (exact) mass is 376 g/mol. The highest BCUT2D eigenvalue weighted by Crippen LogP contribution is 2.31. The fraction of sp³-hybridized carbons (Fsp3) is 0.318. The standard InChI is InChI=1S/C22H24N4O2/c1-15-23-21(25-24-15)16-10-12-26(13-11-16)22(27)18-7-5-6-17(14-18)19-8-3-4-9-20(19)28-2/h3-9,14,16H,10-13H2,1-2H3,(H,23,24,25). The summed E-state index contributed by atoms with van der Waals surface area (Å²) in [4.78, 5) is 19.4. The van der Waals surface area contributed by atoms with E-state index in [4.69, 9.17) is 4.74 Å². The molecule has 0 bridgehead atoms. The predicted molar refractivity (Wildman–Crippen MR) is 107 cm³/mol. The third-order valence-electron chi connectivity index (χ3n) is 5.29. The number of methoxy groups -OCH3 is 1. The van der Waals surface area contributed by atoms with Gasteiger partial charge >= 0.3 is 0 Å². The molecule has 2 heterocycles. The number of ether oxygens (including phenoxy) is 1. The molecular formula is C22H24N4O2. The molecule has 0 radical (unpaired) electrons. The van der Waals surface area contributed by atoms with Crippen LogP contribution in [0.3, 0.4) is 0 Å². The van der Waals surface area contributed by atoms with E-state index < -0.39 is 0 Å². The van der Waals surface area contributed by atoms with Crippen LogP contribution in [0.4, 0.5) is 0 Å². The molecule has 28 heavy (non-hydrogen) atoms. The molecule has 1 fully saturated rings. The van der Waals surface area contributed by atoms with Crippen molar-refractivity contribution >= 4 is 5.91 Å². The minimum Gasteiger partial charge on any atom is -0.496 e. The predicted octanol–water partition coefficient (Wildman–Crippen LogP) is 3.81. The average molecular weight is 376 g/mol. The van der Waals surface area contributed by atoms with E-state index in [0.29, 0.717) is 11.5 Å². The summed E-state index contributed by atoms with van der Waals surface area (Å²) in [7, 11) is 1.66. The van der Waals surface area contributed by atoms with E-state index in [-0.39, 0.29) is 5.91 Å². The lowest BCUT2D eigenvalue weighted by Gasteiger charge is -2.31. The van der Waals surface area contributed by atoms with Gasteiger partial charge in [0.25, 0.3) is 5.91 Å². The maximum absolute atomic E-state index is 13.0. The summed E-state index contributed by atoms with van der Waals surface area (Å²) in [6.45, 7) is 3.34. The van der Waals surface area contributed by atoms with E-state index >= 15 is 0 Å². The topological polar surface area (TPSA) is 71.1 Å². The number of carbonyl (C=O) groups excluding carboxylic acids is 1. The Morgan fingerprint density at radius 2 is 1.93 bits per heavy atom. The molecule has 2 aromatic carbocycles. The van der Waals surface area contributed by atoms with E-state index in [0.717, 1.165) is 54.5 Å². The number of carbonyl (C=O) groups is 1. The zero-order valence-electron chi connectivity index (χ0n) is 16.2. The highest BCUT2D eigenvalue weighted by Gasteiger charge is 2.26. The number of para-hydroxylation sites is 1. The number of aryl methyl sites for hydroxylation is 1. The van der Waals surface area contributed by atoms with Gasteiger partial charge in [-0.3, -0.25) is 9.89 Å². The number of amides is 1. The second kappa shape index (κ2) is 7.84. The molecule has 0 saturated carbocycles. The molecule has 1 saturated heterocycles. The van der Waals surface area contributed by atoms with Crippen molar-refractivity contribution in [3.63, 3.8) is 0 Å². The van der Waals surface area contributed by atoms with Crippen molar-refractivity contribution in [3.8, 4) is 16.9 Å². The maximum Gasteiger partial charge on any atom is 0.253 e. The van der Waals surface area contributed by atoms with Gasteiger partial charge in [0.15, 0.2) is 5.82 Å². The number of aromatic amines is 1. The van der Waals surface area contributed by atoms with Crippen molar-refractivity contribution in [1.29, 1.82) is 0 Å². The summed E-state index contributed by atoms with van der Waals surface area (Å²) in [5.74, 6) is 2.88. The largest absolute Gasteiger partial charge is 0.496 e. The van der Waals surface area contributed by atoms with Gasteiger partial charge in [0.1, 0.15) is 11.6 Å². The Labute approximate surface area is 164 Å². The van der Waals surface area contributed by atoms with Gasteiger partial charge in [-0.05, 0) is 43.5 Å². The third kappa shape index (κ3) is 3.63. The molecule has 6 heteroatoms. The number of hydrogen-bond donors (Lipinski definition) is 1. The van der Waals surface area contributed by atoms with Gasteiger partial charge < -0.3 is 9.64 Å². The van der Waals surface area contributed by atoms with Crippen molar-refractivity contribution in [2.45, 2.75) is 25.7 Å². The van der Waals surface area contributed by atoms with E-state index in [1.807, 2.05) is 60.4 Å². The van der Waals surface area contributed by atoms with Gasteiger partial charge in [0, 0.05) is 30.1 Å². The number of benzene rings is 2. The van der Waals surface area contributed by atoms with Crippen molar-refractivity contribution in [2.24, 2.45) is 0 Å². The van der Waals surface area contributed by atoms with Gasteiger partial charge in [-0.1, -0.05) is 30.3 Å². The SMILES string of the molecule is COc1ccccc1-c1cccc(C(=O)N2CCC(c3n[nH]c(C)n3)CC2)c1. The van der Waals surface area contributed by atoms with Gasteiger partial charge in [0.05, 0.1) is 7.11 Å². The summed E-state index contributed by atoms with van der Waals surface area (Å²) in [5, 5.41) is 7.18. The van der Waals surface area contributed by atoms with Crippen LogP contribution in [-0.2, 0) is 0 Å². The molecule has 1 aromatic heterocycles. The van der Waals surface area contributed by atoms with Gasteiger partial charge in [-0.15, -0.1) is 0 Å². The number of nitrogens with one attached hydrogen (secondary N) is 1. The Morgan fingerprint density at radius 3 is 2.64 bits per heavy atom. The number of rotatable bonds is 4. The highest BCUT2D eigenvalue weighted by atomic mass is 16.5. The molecule has 1 N–H and O–H groups in total. The average Bonchev–Trinajstić information content (AvgIpc) is 3.19. The molecule has 4 rings (SSSR count). The fourth-order valence-electron chi connectivity index (χ4n) is 3.77. The first-order valence-corrected chi connectivity index (χ1v) is 9.57. The first kappa shape index (κ1) is 18.2. The number of hydrogen-bond acceptors (Lipinski definition) is 4. The highest BCUT2D eigenvalue weighted by molar-refractivity contribution is 5.95. The van der Waals surface area contributed by atoms with Crippen LogP contribution in [0.2, 0.25) is 0 Å². The molecule has 144 valence electrons. The van der Waals surface area contributed by atoms with Crippen molar-refractivity contribution in [2.75, 3.05) is 20.2 Å². The second-order valence-corrected chi connectivity index (χ2v) is 7.13. The summed E-state index contributed by atoms with van der Waals surface area (Å²) >= 11 is 0. The molecule has 3 aromatic rings. The normalized spacial score (nSPS) is 14.9. The van der Waals surface area contributed by atoms with Gasteiger partial charge in [0.2, 0.25) is 0 Å². The molecule has 0 atom stereocenters. The summed E-state index contributed by atoms with van der Waals surface area (Å²) in [6.07, 6.45) is 1.77. The summed E-state index contributed by atoms with van der Waals surface area (Å²) in [5.41, 5.74) is 2.67. The molecule has 1 aliphatic rings. The molecule has 0 aliphatic carbocycles. The summed E-state index contributed by atoms with van der Waals surface area (Å²) in [6, 6.07) is 15.6. The van der Waals surface area contributed by atoms with Crippen LogP contribution in [0.15, 0.2) is 48.5 Å². The number of nitrogens with zero attached hydrogens (tertiary/aromatic N) is 3. The molecule has 0 spiro atoms. The van der Waals surface area contributed by atoms with Gasteiger partial charge in [-0.2, -0.15) is 5.10 Å². The van der Waals surface area contributed by atoms with Crippen LogP contribution in [0.5, 0.6) is 5.75 Å². The lowest BCUT2D eigenvalue weighted by atomic mass is 9.95. The van der Waals surface area contributed by atoms with E-state index in [1.54, 1.807) is 7.11 Å². The van der Waals surface area contributed by atoms with Crippen LogP contribution in [0.1, 0.15) is 40.8 Å². The Morgan fingerprint density at radius 1 is 1.14 bits per heavy atom. The molecule has 0 unspecified atom stereocenters. The third-order valence-corrected chi connectivity index (χ3v) is 5.29. The smallest absolute Gasteiger partial charge is 0.253 e. The molecule has 6 nitrogen and oxygen atoms in total. The molecule has 1 aliphatic heterocycles. The zero-order chi connectivity index (χ0) is 19.5. The minimum absolute atomic E-state index is 0.0707. The molecule has 1 amide bonds. The Balaban J connectivity index is 1.48. The van der Waals surface area contributed by atoms with E-state index in [1.165, 1.54) is 0 Å². The Kier molecular flexibility index (Phi) is 5.10. The van der Waals surface area contributed by atoms with Crippen LogP contribution in [0.25, 0.3) is 11.1 Å². The number of aromatic nitrogens is 3. The number of piperidine rings is 1. The van der Waals surface area contributed by atoms with Crippen molar-refractivity contribution < 1.29 is 9.53 Å². The first-order valence-electron chi connectivity index (χ1n) is 9.57. The van der Waals surface area contributed by atoms with Crippen LogP contribution >= 0.6 is 0 Å². The number of likely N-dealkylation sites (tertiary alicyclic amines) is 1. The lowest BCUT2D eigenvalue weighted by Crippen LogP contribution is -2.38. The van der Waals surface area contributed by atoms with Crippen molar-refractivity contribution in [1.82, 2.24) is 20.1 Å². The summed E-state index contributed by atoms with van der Waals surface area (Å²) < 4.78 is 5.46. The Hall–Kier alpha value is -3.15. The maximum atomic E-state index is 13.0. The van der Waals surface area contributed by atoms with E-state index in [2.05, 4.69) is 15.2 Å². The van der Waals surface area contributed by atoms with Crippen LogP contribution < -0.4 is 4.74 Å². The number of H-pyrrole nitrogens is 1. The van der Waals surface area contributed by atoms with Crippen LogP contribution in [-0.4, -0.2) is 46.2 Å². The fourth-order valence-corrected chi connectivity index (χ4v) is 3.77. The van der Waals surface area contributed by atoms with E-state index in [9.17, 15) is 4.79 Å². The van der Waals surface area contributed by atoms with Crippen LogP contribution in [0, 0.1) is 6.92 Å². The quantitative estimate of drug-likeness (QED) is 0.752.